The van der Waals surface area contributed by atoms with Gasteiger partial charge in [-0.05, 0) is 78.9 Å². The SMILES string of the molecule is Cc1cc(/C(O)=C2/C(=O)C(=O)N(c3ccc(C(F)(F)F)cc3)C2c2sccc2C)ccc1F. The minimum absolute atomic E-state index is 0.0808. The van der Waals surface area contributed by atoms with Crippen molar-refractivity contribution in [2.75, 3.05) is 4.90 Å². The van der Waals surface area contributed by atoms with Crippen LogP contribution < -0.4 is 4.90 Å². The van der Waals surface area contributed by atoms with Gasteiger partial charge >= 0.3 is 6.18 Å². The zero-order valence-electron chi connectivity index (χ0n) is 17.4. The molecule has 1 unspecified atom stereocenters. The minimum Gasteiger partial charge on any atom is -0.507 e. The highest BCUT2D eigenvalue weighted by Crippen LogP contribution is 2.45. The third-order valence-corrected chi connectivity index (χ3v) is 6.57. The van der Waals surface area contributed by atoms with E-state index in [0.29, 0.717) is 4.88 Å². The Hall–Kier alpha value is -3.46. The van der Waals surface area contributed by atoms with Gasteiger partial charge in [-0.2, -0.15) is 13.2 Å². The van der Waals surface area contributed by atoms with E-state index in [1.54, 1.807) is 18.4 Å². The lowest BCUT2D eigenvalue weighted by molar-refractivity contribution is -0.137. The van der Waals surface area contributed by atoms with Crippen LogP contribution in [0.1, 0.15) is 33.2 Å². The number of ketones is 1. The van der Waals surface area contributed by atoms with Crippen LogP contribution in [0.4, 0.5) is 23.2 Å². The van der Waals surface area contributed by atoms with Gasteiger partial charge in [0.05, 0.1) is 11.1 Å². The summed E-state index contributed by atoms with van der Waals surface area (Å²) in [5.41, 5.74) is 0.102. The van der Waals surface area contributed by atoms with Crippen LogP contribution in [0.15, 0.2) is 59.5 Å². The van der Waals surface area contributed by atoms with E-state index in [1.807, 2.05) is 0 Å². The van der Waals surface area contributed by atoms with Crippen molar-refractivity contribution in [3.8, 4) is 0 Å². The number of carbonyl (C=O) groups excluding carboxylic acids is 2. The number of rotatable bonds is 3. The molecule has 1 amide bonds. The molecule has 4 rings (SSSR count). The summed E-state index contributed by atoms with van der Waals surface area (Å²) >= 11 is 1.25. The fourth-order valence-electron chi connectivity index (χ4n) is 3.77. The van der Waals surface area contributed by atoms with Gasteiger partial charge in [0.25, 0.3) is 11.7 Å². The molecule has 0 radical (unpaired) electrons. The molecule has 1 saturated heterocycles. The van der Waals surface area contributed by atoms with Crippen molar-refractivity contribution in [1.29, 1.82) is 0 Å². The number of alkyl halides is 3. The Morgan fingerprint density at radius 3 is 2.21 bits per heavy atom. The third kappa shape index (κ3) is 3.93. The molecule has 0 saturated carbocycles. The van der Waals surface area contributed by atoms with Crippen LogP contribution in [-0.4, -0.2) is 16.8 Å². The molecule has 4 nitrogen and oxygen atoms in total. The highest BCUT2D eigenvalue weighted by molar-refractivity contribution is 7.10. The number of benzene rings is 2. The van der Waals surface area contributed by atoms with Gasteiger partial charge in [-0.25, -0.2) is 4.39 Å². The average molecular weight is 475 g/mol. The quantitative estimate of drug-likeness (QED) is 0.214. The summed E-state index contributed by atoms with van der Waals surface area (Å²) in [6.45, 7) is 3.26. The number of Topliss-reactive ketones (excluding diaryl/α,β-unsaturated/α-hetero) is 1. The van der Waals surface area contributed by atoms with Crippen LogP contribution in [-0.2, 0) is 15.8 Å². The van der Waals surface area contributed by atoms with Gasteiger partial charge in [-0.15, -0.1) is 11.3 Å². The number of carbonyl (C=O) groups is 2. The molecular weight excluding hydrogens is 458 g/mol. The molecule has 1 atom stereocenters. The van der Waals surface area contributed by atoms with E-state index < -0.39 is 41.0 Å². The van der Waals surface area contributed by atoms with Crippen molar-refractivity contribution in [2.24, 2.45) is 0 Å². The summed E-state index contributed by atoms with van der Waals surface area (Å²) in [4.78, 5) is 27.7. The number of halogens is 4. The van der Waals surface area contributed by atoms with Crippen LogP contribution >= 0.6 is 11.3 Å². The Bertz CT molecular complexity index is 1290. The van der Waals surface area contributed by atoms with E-state index in [4.69, 9.17) is 0 Å². The molecule has 1 aliphatic heterocycles. The molecule has 2 aromatic carbocycles. The van der Waals surface area contributed by atoms with Crippen LogP contribution in [0.25, 0.3) is 5.76 Å². The van der Waals surface area contributed by atoms with Gasteiger partial charge in [0.15, 0.2) is 0 Å². The average Bonchev–Trinajstić information content (AvgIpc) is 3.29. The van der Waals surface area contributed by atoms with E-state index in [0.717, 1.165) is 40.8 Å². The summed E-state index contributed by atoms with van der Waals surface area (Å²) < 4.78 is 52.7. The molecule has 0 spiro atoms. The van der Waals surface area contributed by atoms with Gasteiger partial charge in [-0.3, -0.25) is 14.5 Å². The molecule has 2 heterocycles. The maximum Gasteiger partial charge on any atom is 0.416 e. The lowest BCUT2D eigenvalue weighted by Gasteiger charge is -2.25. The smallest absolute Gasteiger partial charge is 0.416 e. The minimum atomic E-state index is -4.56. The van der Waals surface area contributed by atoms with Crippen molar-refractivity contribution in [1.82, 2.24) is 0 Å². The van der Waals surface area contributed by atoms with Gasteiger partial charge in [0.2, 0.25) is 0 Å². The second-order valence-electron chi connectivity index (χ2n) is 7.65. The molecule has 1 aliphatic rings. The summed E-state index contributed by atoms with van der Waals surface area (Å²) in [5.74, 6) is -2.94. The zero-order valence-corrected chi connectivity index (χ0v) is 18.2. The van der Waals surface area contributed by atoms with Gasteiger partial charge < -0.3 is 5.11 Å². The second kappa shape index (κ2) is 8.15. The first-order valence-electron chi connectivity index (χ1n) is 9.79. The third-order valence-electron chi connectivity index (χ3n) is 5.50. The predicted molar refractivity (Wildman–Crippen MR) is 116 cm³/mol. The van der Waals surface area contributed by atoms with Crippen molar-refractivity contribution in [3.63, 3.8) is 0 Å². The highest BCUT2D eigenvalue weighted by atomic mass is 32.1. The predicted octanol–water partition coefficient (Wildman–Crippen LogP) is 6.15. The first-order valence-corrected chi connectivity index (χ1v) is 10.7. The van der Waals surface area contributed by atoms with Crippen LogP contribution in [0, 0.1) is 19.7 Å². The standard InChI is InChI=1S/C24H17F4NO3S/c1-12-9-10-33-22(12)19-18(20(30)14-3-8-17(25)13(2)11-14)21(31)23(32)29(19)16-6-4-15(5-7-16)24(26,27)28/h3-11,19,30H,1-2H3/b20-18-. The highest BCUT2D eigenvalue weighted by Gasteiger charge is 2.48. The molecule has 1 aromatic heterocycles. The number of anilines is 1. The number of aliphatic hydroxyl groups excluding tert-OH is 1. The Labute approximate surface area is 190 Å². The van der Waals surface area contributed by atoms with Gasteiger partial charge in [0, 0.05) is 16.1 Å². The number of hydrogen-bond acceptors (Lipinski definition) is 4. The van der Waals surface area contributed by atoms with E-state index in [1.165, 1.54) is 30.4 Å². The van der Waals surface area contributed by atoms with Crippen LogP contribution in [0.3, 0.4) is 0 Å². The van der Waals surface area contributed by atoms with Gasteiger partial charge in [0.1, 0.15) is 17.6 Å². The monoisotopic (exact) mass is 475 g/mol. The lowest BCUT2D eigenvalue weighted by Crippen LogP contribution is -2.29. The van der Waals surface area contributed by atoms with Gasteiger partial charge in [-0.1, -0.05) is 0 Å². The summed E-state index contributed by atoms with van der Waals surface area (Å²) in [6.07, 6.45) is -4.56. The Kier molecular flexibility index (Phi) is 5.61. The molecule has 9 heteroatoms. The van der Waals surface area contributed by atoms with E-state index >= 15 is 0 Å². The molecule has 0 aliphatic carbocycles. The zero-order chi connectivity index (χ0) is 24.1. The number of thiophene rings is 1. The molecular formula is C24H17F4NO3S. The summed E-state index contributed by atoms with van der Waals surface area (Å²) in [7, 11) is 0. The lowest BCUT2D eigenvalue weighted by atomic mass is 9.97. The fourth-order valence-corrected chi connectivity index (χ4v) is 4.79. The van der Waals surface area contributed by atoms with Crippen molar-refractivity contribution < 1.29 is 32.3 Å². The Morgan fingerprint density at radius 1 is 1.00 bits per heavy atom. The molecule has 0 bridgehead atoms. The summed E-state index contributed by atoms with van der Waals surface area (Å²) in [5, 5.41) is 12.8. The van der Waals surface area contributed by atoms with E-state index in [-0.39, 0.29) is 22.4 Å². The normalized spacial score (nSPS) is 18.2. The first-order chi connectivity index (χ1) is 15.5. The maximum absolute atomic E-state index is 13.7. The fraction of sp³-hybridized carbons (Fsp3) is 0.167. The topological polar surface area (TPSA) is 57.6 Å². The van der Waals surface area contributed by atoms with Crippen LogP contribution in [0.5, 0.6) is 0 Å². The molecule has 170 valence electrons. The van der Waals surface area contributed by atoms with Crippen LogP contribution in [0.2, 0.25) is 0 Å². The Morgan fingerprint density at radius 2 is 1.67 bits per heavy atom. The molecule has 3 aromatic rings. The number of aliphatic hydroxyl groups is 1. The number of aryl methyl sites for hydroxylation is 2. The van der Waals surface area contributed by atoms with Crippen molar-refractivity contribution in [3.05, 3.63) is 92.4 Å². The maximum atomic E-state index is 13.7. The second-order valence-corrected chi connectivity index (χ2v) is 8.59. The molecule has 1 fully saturated rings. The van der Waals surface area contributed by atoms with Crippen molar-refractivity contribution in [2.45, 2.75) is 26.1 Å². The molecule has 33 heavy (non-hydrogen) atoms. The number of amides is 1. The number of nitrogens with zero attached hydrogens (tertiary/aromatic N) is 1. The van der Waals surface area contributed by atoms with E-state index in [9.17, 15) is 32.3 Å². The number of hydrogen-bond donors (Lipinski definition) is 1. The molecule has 1 N–H and O–H groups in total. The van der Waals surface area contributed by atoms with Crippen molar-refractivity contribution >= 4 is 34.5 Å². The van der Waals surface area contributed by atoms with E-state index in [2.05, 4.69) is 0 Å². The Balaban J connectivity index is 1.91. The summed E-state index contributed by atoms with van der Waals surface area (Å²) in [6, 6.07) is 8.41. The largest absolute Gasteiger partial charge is 0.507 e. The first kappa shape index (κ1) is 22.7.